The molecule has 1 atom stereocenters. The van der Waals surface area contributed by atoms with Gasteiger partial charge in [-0.25, -0.2) is 0 Å². The molecule has 0 saturated heterocycles. The number of benzene rings is 1. The van der Waals surface area contributed by atoms with Gasteiger partial charge in [0, 0.05) is 23.6 Å². The van der Waals surface area contributed by atoms with Crippen LogP contribution < -0.4 is 5.73 Å². The predicted molar refractivity (Wildman–Crippen MR) is 66.2 cm³/mol. The Kier molecular flexibility index (Phi) is 2.99. The highest BCUT2D eigenvalue weighted by Crippen LogP contribution is 2.31. The molecule has 1 unspecified atom stereocenters. The highest BCUT2D eigenvalue weighted by atomic mass is 16.3. The lowest BCUT2D eigenvalue weighted by Gasteiger charge is -2.27. The lowest BCUT2D eigenvalue weighted by atomic mass is 9.87. The minimum atomic E-state index is -0.906. The van der Waals surface area contributed by atoms with Crippen LogP contribution in [0.15, 0.2) is 30.5 Å². The Hall–Kier alpha value is -1.32. The first-order valence-corrected chi connectivity index (χ1v) is 5.70. The number of fused-ring (bicyclic) bond motifs is 1. The van der Waals surface area contributed by atoms with Crippen LogP contribution in [0.2, 0.25) is 0 Å². The molecule has 1 aromatic heterocycles. The monoisotopic (exact) mass is 218 g/mol. The Morgan fingerprint density at radius 1 is 1.38 bits per heavy atom. The van der Waals surface area contributed by atoms with Crippen LogP contribution in [0, 0.1) is 0 Å². The first kappa shape index (κ1) is 11.2. The zero-order valence-electron chi connectivity index (χ0n) is 9.53. The summed E-state index contributed by atoms with van der Waals surface area (Å²) in [5.41, 5.74) is 6.79. The van der Waals surface area contributed by atoms with Crippen LogP contribution in [0.3, 0.4) is 0 Å². The number of H-pyrrole nitrogens is 1. The maximum Gasteiger partial charge on any atom is 0.102 e. The third-order valence-electron chi connectivity index (χ3n) is 3.10. The van der Waals surface area contributed by atoms with Gasteiger partial charge in [-0.2, -0.15) is 0 Å². The topological polar surface area (TPSA) is 62.0 Å². The van der Waals surface area contributed by atoms with E-state index in [1.807, 2.05) is 30.5 Å². The molecule has 0 fully saturated rings. The predicted octanol–water partition coefficient (Wildman–Crippen LogP) is 2.11. The number of aromatic nitrogens is 1. The molecule has 1 aromatic carbocycles. The average Bonchev–Trinajstić information content (AvgIpc) is 2.76. The first-order valence-electron chi connectivity index (χ1n) is 5.70. The summed E-state index contributed by atoms with van der Waals surface area (Å²) in [6, 6.07) is 7.89. The summed E-state index contributed by atoms with van der Waals surface area (Å²) in [5.74, 6) is 0. The van der Waals surface area contributed by atoms with Crippen molar-refractivity contribution in [2.45, 2.75) is 25.4 Å². The molecule has 0 aliphatic rings. The van der Waals surface area contributed by atoms with Crippen molar-refractivity contribution in [1.82, 2.24) is 4.98 Å². The molecule has 0 aliphatic carbocycles. The Bertz CT molecular complexity index is 477. The number of aromatic amines is 1. The van der Waals surface area contributed by atoms with E-state index in [9.17, 15) is 5.11 Å². The molecule has 3 heteroatoms. The summed E-state index contributed by atoms with van der Waals surface area (Å²) >= 11 is 0. The van der Waals surface area contributed by atoms with Gasteiger partial charge in [0.25, 0.3) is 0 Å². The van der Waals surface area contributed by atoms with Gasteiger partial charge in [-0.15, -0.1) is 0 Å². The fourth-order valence-electron chi connectivity index (χ4n) is 2.25. The van der Waals surface area contributed by atoms with Gasteiger partial charge in [0.15, 0.2) is 0 Å². The molecule has 0 bridgehead atoms. The number of rotatable bonds is 4. The average molecular weight is 218 g/mol. The number of nitrogens with two attached hydrogens (primary N) is 1. The van der Waals surface area contributed by atoms with Gasteiger partial charge in [0.05, 0.1) is 0 Å². The molecular weight excluding hydrogens is 200 g/mol. The maximum atomic E-state index is 10.6. The summed E-state index contributed by atoms with van der Waals surface area (Å²) in [7, 11) is 0. The number of aliphatic hydroxyl groups is 1. The molecule has 1 heterocycles. The van der Waals surface area contributed by atoms with E-state index >= 15 is 0 Å². The van der Waals surface area contributed by atoms with E-state index in [0.717, 1.165) is 22.9 Å². The van der Waals surface area contributed by atoms with Gasteiger partial charge in [0.1, 0.15) is 5.60 Å². The van der Waals surface area contributed by atoms with E-state index in [-0.39, 0.29) is 6.54 Å². The molecule has 2 rings (SSSR count). The molecule has 0 saturated carbocycles. The third kappa shape index (κ3) is 1.72. The fraction of sp³-hybridized carbons (Fsp3) is 0.385. The van der Waals surface area contributed by atoms with Gasteiger partial charge >= 0.3 is 0 Å². The quantitative estimate of drug-likeness (QED) is 0.736. The summed E-state index contributed by atoms with van der Waals surface area (Å²) in [6.07, 6.45) is 3.49. The van der Waals surface area contributed by atoms with Gasteiger partial charge in [-0.1, -0.05) is 25.5 Å². The van der Waals surface area contributed by atoms with Crippen molar-refractivity contribution in [3.63, 3.8) is 0 Å². The third-order valence-corrected chi connectivity index (χ3v) is 3.10. The maximum absolute atomic E-state index is 10.6. The Balaban J connectivity index is 2.56. The fourth-order valence-corrected chi connectivity index (χ4v) is 2.25. The van der Waals surface area contributed by atoms with E-state index in [0.29, 0.717) is 6.42 Å². The number of hydrogen-bond donors (Lipinski definition) is 3. The second kappa shape index (κ2) is 4.28. The van der Waals surface area contributed by atoms with Crippen molar-refractivity contribution >= 4 is 10.9 Å². The van der Waals surface area contributed by atoms with Gasteiger partial charge in [0.2, 0.25) is 0 Å². The van der Waals surface area contributed by atoms with Crippen molar-refractivity contribution in [3.05, 3.63) is 36.0 Å². The highest BCUT2D eigenvalue weighted by Gasteiger charge is 2.28. The van der Waals surface area contributed by atoms with Crippen LogP contribution in [0.25, 0.3) is 10.9 Å². The van der Waals surface area contributed by atoms with Crippen molar-refractivity contribution in [2.75, 3.05) is 6.54 Å². The van der Waals surface area contributed by atoms with Crippen LogP contribution in [-0.4, -0.2) is 16.6 Å². The largest absolute Gasteiger partial charge is 0.384 e. The van der Waals surface area contributed by atoms with Crippen molar-refractivity contribution < 1.29 is 5.11 Å². The Morgan fingerprint density at radius 2 is 2.19 bits per heavy atom. The zero-order chi connectivity index (χ0) is 11.6. The van der Waals surface area contributed by atoms with E-state index < -0.39 is 5.60 Å². The van der Waals surface area contributed by atoms with Crippen LogP contribution >= 0.6 is 0 Å². The minimum absolute atomic E-state index is 0.255. The summed E-state index contributed by atoms with van der Waals surface area (Å²) in [4.78, 5) is 3.15. The molecule has 0 radical (unpaired) electrons. The second-order valence-corrected chi connectivity index (χ2v) is 4.23. The first-order chi connectivity index (χ1) is 7.71. The molecule has 16 heavy (non-hydrogen) atoms. The van der Waals surface area contributed by atoms with Crippen LogP contribution in [0.4, 0.5) is 0 Å². The van der Waals surface area contributed by atoms with Crippen LogP contribution in [-0.2, 0) is 5.60 Å². The molecule has 2 aromatic rings. The van der Waals surface area contributed by atoms with Gasteiger partial charge in [-0.3, -0.25) is 0 Å². The minimum Gasteiger partial charge on any atom is -0.384 e. The van der Waals surface area contributed by atoms with Gasteiger partial charge in [-0.05, 0) is 24.1 Å². The standard InChI is InChI=1S/C13H18N2O/c1-2-7-13(16,9-14)11-4-3-5-12-10(11)6-8-15-12/h3-6,8,15-16H,2,7,9,14H2,1H3. The van der Waals surface area contributed by atoms with Crippen molar-refractivity contribution in [1.29, 1.82) is 0 Å². The smallest absolute Gasteiger partial charge is 0.102 e. The Labute approximate surface area is 95.3 Å². The molecular formula is C13H18N2O. The molecule has 86 valence electrons. The van der Waals surface area contributed by atoms with E-state index in [1.54, 1.807) is 0 Å². The van der Waals surface area contributed by atoms with E-state index in [1.165, 1.54) is 0 Å². The van der Waals surface area contributed by atoms with Crippen LogP contribution in [0.5, 0.6) is 0 Å². The van der Waals surface area contributed by atoms with Crippen LogP contribution in [0.1, 0.15) is 25.3 Å². The molecule has 3 nitrogen and oxygen atoms in total. The lowest BCUT2D eigenvalue weighted by molar-refractivity contribution is 0.0374. The molecule has 0 amide bonds. The summed E-state index contributed by atoms with van der Waals surface area (Å²) in [5, 5.41) is 11.6. The normalized spacial score (nSPS) is 15.2. The second-order valence-electron chi connectivity index (χ2n) is 4.23. The molecule has 0 aliphatic heterocycles. The lowest BCUT2D eigenvalue weighted by Crippen LogP contribution is -2.34. The van der Waals surface area contributed by atoms with Crippen molar-refractivity contribution in [3.8, 4) is 0 Å². The molecule has 0 spiro atoms. The number of nitrogens with one attached hydrogen (secondary N) is 1. The van der Waals surface area contributed by atoms with Gasteiger partial charge < -0.3 is 15.8 Å². The highest BCUT2D eigenvalue weighted by molar-refractivity contribution is 5.83. The summed E-state index contributed by atoms with van der Waals surface area (Å²) < 4.78 is 0. The Morgan fingerprint density at radius 3 is 2.88 bits per heavy atom. The SMILES string of the molecule is CCCC(O)(CN)c1cccc2[nH]ccc12. The zero-order valence-corrected chi connectivity index (χ0v) is 9.53. The summed E-state index contributed by atoms with van der Waals surface area (Å²) in [6.45, 7) is 2.31. The molecule has 4 N–H and O–H groups in total. The van der Waals surface area contributed by atoms with E-state index in [4.69, 9.17) is 5.73 Å². The number of hydrogen-bond acceptors (Lipinski definition) is 2. The van der Waals surface area contributed by atoms with E-state index in [2.05, 4.69) is 11.9 Å². The van der Waals surface area contributed by atoms with Crippen molar-refractivity contribution in [2.24, 2.45) is 5.73 Å².